The second-order valence-electron chi connectivity index (χ2n) is 7.56. The van der Waals surface area contributed by atoms with Crippen LogP contribution in [0.4, 0.5) is 5.69 Å². The topological polar surface area (TPSA) is 98.7 Å². The summed E-state index contributed by atoms with van der Waals surface area (Å²) in [5.41, 5.74) is -1.30. The van der Waals surface area contributed by atoms with Gasteiger partial charge in [0, 0.05) is 17.7 Å². The molecule has 0 aliphatic carbocycles. The summed E-state index contributed by atoms with van der Waals surface area (Å²) in [7, 11) is 0. The van der Waals surface area contributed by atoms with E-state index in [1.54, 1.807) is 31.2 Å². The van der Waals surface area contributed by atoms with Gasteiger partial charge in [-0.3, -0.25) is 19.3 Å². The first-order valence-corrected chi connectivity index (χ1v) is 8.64. The van der Waals surface area contributed by atoms with Gasteiger partial charge in [0.1, 0.15) is 11.6 Å². The molecule has 4 atom stereocenters. The van der Waals surface area contributed by atoms with Gasteiger partial charge in [-0.2, -0.15) is 0 Å². The lowest BCUT2D eigenvalue weighted by molar-refractivity contribution is -0.179. The third-order valence-electron chi connectivity index (χ3n) is 5.45. The van der Waals surface area contributed by atoms with Gasteiger partial charge in [0.15, 0.2) is 5.78 Å². The molecule has 3 heterocycles. The van der Waals surface area contributed by atoms with Crippen LogP contribution in [0.3, 0.4) is 0 Å². The molecule has 2 amide bonds. The molecule has 0 radical (unpaired) electrons. The zero-order valence-electron chi connectivity index (χ0n) is 14.9. The van der Waals surface area contributed by atoms with E-state index in [0.29, 0.717) is 11.3 Å². The molecule has 2 fully saturated rings. The highest BCUT2D eigenvalue weighted by Crippen LogP contribution is 2.49. The molecule has 3 N–H and O–H groups in total. The molecule has 4 rings (SSSR count). The van der Waals surface area contributed by atoms with E-state index in [1.807, 2.05) is 19.9 Å². The second kappa shape index (κ2) is 5.17. The van der Waals surface area contributed by atoms with Crippen molar-refractivity contribution in [2.75, 3.05) is 5.32 Å². The van der Waals surface area contributed by atoms with Gasteiger partial charge in [0.25, 0.3) is 5.91 Å². The largest absolute Gasteiger partial charge is 0.370 e. The number of rotatable bonds is 1. The zero-order valence-corrected chi connectivity index (χ0v) is 14.9. The number of anilines is 1. The highest BCUT2D eigenvalue weighted by atomic mass is 16.3. The first kappa shape index (κ1) is 16.8. The minimum atomic E-state index is -2.06. The maximum Gasteiger partial charge on any atom is 0.274 e. The SMILES string of the molecule is CC(C)=C[C@H]1N2C(=O)[C@@H](C)NC(=O)[C@@]2(O)C[C@]12Nc1ccccc1C2=O. The molecule has 0 bridgehead atoms. The van der Waals surface area contributed by atoms with Gasteiger partial charge in [-0.15, -0.1) is 0 Å². The smallest absolute Gasteiger partial charge is 0.274 e. The number of fused-ring (bicyclic) bond motifs is 2. The van der Waals surface area contributed by atoms with Crippen molar-refractivity contribution in [3.8, 4) is 0 Å². The minimum absolute atomic E-state index is 0.202. The summed E-state index contributed by atoms with van der Waals surface area (Å²) in [5, 5.41) is 16.9. The summed E-state index contributed by atoms with van der Waals surface area (Å²) in [6.45, 7) is 5.29. The fourth-order valence-corrected chi connectivity index (χ4v) is 4.31. The number of para-hydroxylation sites is 1. The number of hydrogen-bond acceptors (Lipinski definition) is 5. The van der Waals surface area contributed by atoms with Crippen LogP contribution in [0.5, 0.6) is 0 Å². The number of benzene rings is 1. The van der Waals surface area contributed by atoms with E-state index in [2.05, 4.69) is 10.6 Å². The van der Waals surface area contributed by atoms with E-state index in [0.717, 1.165) is 5.57 Å². The maximum absolute atomic E-state index is 13.3. The van der Waals surface area contributed by atoms with Crippen molar-refractivity contribution < 1.29 is 19.5 Å². The lowest BCUT2D eigenvalue weighted by atomic mass is 9.83. The Morgan fingerprint density at radius 2 is 1.96 bits per heavy atom. The standard InChI is InChI=1S/C19H21N3O4/c1-10(2)8-14-18(15(23)12-6-4-5-7-13(12)21-18)9-19(26)17(25)20-11(3)16(24)22(14)19/h4-8,11,14,21,26H,9H2,1-3H3,(H,20,25)/t11-,14-,18+,19+/m1/s1. The number of amides is 2. The van der Waals surface area contributed by atoms with E-state index in [-0.39, 0.29) is 12.2 Å². The van der Waals surface area contributed by atoms with E-state index in [4.69, 9.17) is 0 Å². The number of carbonyl (C=O) groups is 3. The van der Waals surface area contributed by atoms with Crippen LogP contribution in [0.15, 0.2) is 35.9 Å². The number of Topliss-reactive ketones (excluding diaryl/α,β-unsaturated/α-hetero) is 1. The van der Waals surface area contributed by atoms with Crippen molar-refractivity contribution in [3.05, 3.63) is 41.5 Å². The van der Waals surface area contributed by atoms with Crippen molar-refractivity contribution in [1.29, 1.82) is 0 Å². The van der Waals surface area contributed by atoms with Gasteiger partial charge in [0.2, 0.25) is 11.6 Å². The van der Waals surface area contributed by atoms with Gasteiger partial charge in [0.05, 0.1) is 6.04 Å². The Hall–Kier alpha value is -2.67. The molecule has 1 aromatic carbocycles. The Bertz CT molecular complexity index is 875. The summed E-state index contributed by atoms with van der Waals surface area (Å²) < 4.78 is 0. The fourth-order valence-electron chi connectivity index (χ4n) is 4.31. The molecule has 3 aliphatic rings. The summed E-state index contributed by atoms with van der Waals surface area (Å²) >= 11 is 0. The molecule has 1 aromatic rings. The molecule has 0 aromatic heterocycles. The van der Waals surface area contributed by atoms with Gasteiger partial charge >= 0.3 is 0 Å². The van der Waals surface area contributed by atoms with Crippen molar-refractivity contribution >= 4 is 23.3 Å². The second-order valence-corrected chi connectivity index (χ2v) is 7.56. The van der Waals surface area contributed by atoms with Crippen LogP contribution < -0.4 is 10.6 Å². The average Bonchev–Trinajstić information content (AvgIpc) is 2.99. The first-order chi connectivity index (χ1) is 12.2. The van der Waals surface area contributed by atoms with Crippen molar-refractivity contribution in [3.63, 3.8) is 0 Å². The number of hydrogen-bond donors (Lipinski definition) is 3. The molecule has 0 unspecified atom stereocenters. The summed E-state index contributed by atoms with van der Waals surface area (Å²) in [6, 6.07) is 5.55. The van der Waals surface area contributed by atoms with Crippen LogP contribution in [0.25, 0.3) is 0 Å². The molecule has 7 heteroatoms. The molecule has 3 aliphatic heterocycles. The van der Waals surface area contributed by atoms with E-state index < -0.39 is 35.2 Å². The number of nitrogens with one attached hydrogen (secondary N) is 2. The molecule has 0 saturated carbocycles. The number of allylic oxidation sites excluding steroid dienone is 1. The number of ketones is 1. The summed E-state index contributed by atoms with van der Waals surface area (Å²) in [4.78, 5) is 39.9. The number of aliphatic hydroxyl groups is 1. The normalized spacial score (nSPS) is 35.1. The Balaban J connectivity index is 1.92. The van der Waals surface area contributed by atoms with Gasteiger partial charge < -0.3 is 15.7 Å². The number of nitrogens with zero attached hydrogens (tertiary/aromatic N) is 1. The fraction of sp³-hybridized carbons (Fsp3) is 0.421. The van der Waals surface area contributed by atoms with Crippen LogP contribution in [0.2, 0.25) is 0 Å². The van der Waals surface area contributed by atoms with Crippen LogP contribution in [0.1, 0.15) is 37.6 Å². The van der Waals surface area contributed by atoms with Crippen LogP contribution in [-0.2, 0) is 9.59 Å². The molecule has 1 spiro atoms. The number of carbonyl (C=O) groups excluding carboxylic acids is 3. The third kappa shape index (κ3) is 1.94. The molecule has 136 valence electrons. The van der Waals surface area contributed by atoms with Crippen LogP contribution in [0, 0.1) is 0 Å². The van der Waals surface area contributed by atoms with Crippen molar-refractivity contribution in [2.24, 2.45) is 0 Å². The Kier molecular flexibility index (Phi) is 3.34. The number of piperazine rings is 1. The lowest BCUT2D eigenvalue weighted by Crippen LogP contribution is -2.69. The first-order valence-electron chi connectivity index (χ1n) is 8.64. The molecule has 7 nitrogen and oxygen atoms in total. The predicted molar refractivity (Wildman–Crippen MR) is 94.4 cm³/mol. The average molecular weight is 355 g/mol. The Morgan fingerprint density at radius 3 is 2.62 bits per heavy atom. The van der Waals surface area contributed by atoms with Crippen LogP contribution >= 0.6 is 0 Å². The van der Waals surface area contributed by atoms with E-state index in [1.165, 1.54) is 4.90 Å². The quantitative estimate of drug-likeness (QED) is 0.648. The van der Waals surface area contributed by atoms with E-state index in [9.17, 15) is 19.5 Å². The third-order valence-corrected chi connectivity index (χ3v) is 5.45. The molecular formula is C19H21N3O4. The lowest BCUT2D eigenvalue weighted by Gasteiger charge is -2.41. The molecule has 26 heavy (non-hydrogen) atoms. The van der Waals surface area contributed by atoms with Crippen molar-refractivity contribution in [2.45, 2.75) is 50.5 Å². The summed E-state index contributed by atoms with van der Waals surface area (Å²) in [6.07, 6.45) is 1.57. The Morgan fingerprint density at radius 1 is 1.27 bits per heavy atom. The Labute approximate surface area is 151 Å². The molecule has 2 saturated heterocycles. The summed E-state index contributed by atoms with van der Waals surface area (Å²) in [5.74, 6) is -1.28. The van der Waals surface area contributed by atoms with Gasteiger partial charge in [-0.25, -0.2) is 0 Å². The van der Waals surface area contributed by atoms with Gasteiger partial charge in [-0.1, -0.05) is 23.8 Å². The maximum atomic E-state index is 13.3. The van der Waals surface area contributed by atoms with Gasteiger partial charge in [-0.05, 0) is 32.9 Å². The minimum Gasteiger partial charge on any atom is -0.370 e. The van der Waals surface area contributed by atoms with E-state index >= 15 is 0 Å². The zero-order chi connectivity index (χ0) is 18.9. The highest BCUT2D eigenvalue weighted by Gasteiger charge is 2.70. The highest BCUT2D eigenvalue weighted by molar-refractivity contribution is 6.16. The predicted octanol–water partition coefficient (Wildman–Crippen LogP) is 0.808. The van der Waals surface area contributed by atoms with Crippen LogP contribution in [-0.4, -0.2) is 51.0 Å². The van der Waals surface area contributed by atoms with Crippen molar-refractivity contribution in [1.82, 2.24) is 10.2 Å². The molecular weight excluding hydrogens is 334 g/mol. The monoisotopic (exact) mass is 355 g/mol.